The van der Waals surface area contributed by atoms with Crippen molar-refractivity contribution in [1.82, 2.24) is 20.5 Å². The maximum Gasteiger partial charge on any atom is 0.308 e. The second kappa shape index (κ2) is 18.6. The Bertz CT molecular complexity index is 1370. The van der Waals surface area contributed by atoms with Crippen LogP contribution in [0.15, 0.2) is 35.7 Å². The highest BCUT2D eigenvalue weighted by Gasteiger charge is 2.35. The highest BCUT2D eigenvalue weighted by Crippen LogP contribution is 2.31. The first-order chi connectivity index (χ1) is 22.5. The fraction of sp³-hybridized carbons (Fsp3) is 0.600. The van der Waals surface area contributed by atoms with Gasteiger partial charge in [0.25, 0.3) is 5.91 Å². The zero-order valence-corrected chi connectivity index (χ0v) is 30.5. The average Bonchev–Trinajstić information content (AvgIpc) is 3.52. The quantitative estimate of drug-likeness (QED) is 0.195. The second-order valence-electron chi connectivity index (χ2n) is 13.2. The molecule has 2 aromatic rings. The van der Waals surface area contributed by atoms with E-state index in [4.69, 9.17) is 15.2 Å². The number of carbonyl (C=O) groups is 5. The normalized spacial score (nSPS) is 14.6. The number of likely N-dealkylation sites (N-methyl/N-ethyl adjacent to an activating group) is 1. The highest BCUT2D eigenvalue weighted by molar-refractivity contribution is 7.09. The Balaban J connectivity index is 2.30. The number of nitrogens with one attached hydrogen (secondary N) is 2. The maximum absolute atomic E-state index is 13.7. The summed E-state index contributed by atoms with van der Waals surface area (Å²) in [5, 5.41) is 7.83. The summed E-state index contributed by atoms with van der Waals surface area (Å²) >= 11 is 1.18. The minimum atomic E-state index is -1.15. The third kappa shape index (κ3) is 12.3. The van der Waals surface area contributed by atoms with Gasteiger partial charge < -0.3 is 30.7 Å². The van der Waals surface area contributed by atoms with Gasteiger partial charge in [-0.1, -0.05) is 64.4 Å². The van der Waals surface area contributed by atoms with Gasteiger partial charge in [0.2, 0.25) is 11.8 Å². The Labute approximate surface area is 288 Å². The lowest BCUT2D eigenvalue weighted by molar-refractivity contribution is -0.149. The molecule has 0 spiro atoms. The Kier molecular flexibility index (Phi) is 15.7. The summed E-state index contributed by atoms with van der Waals surface area (Å²) in [5.41, 5.74) is 5.96. The molecule has 0 saturated carbocycles. The summed E-state index contributed by atoms with van der Waals surface area (Å²) in [6.07, 6.45) is 1.33. The van der Waals surface area contributed by atoms with Crippen LogP contribution in [0.25, 0.3) is 0 Å². The van der Waals surface area contributed by atoms with Gasteiger partial charge in [-0.3, -0.25) is 24.0 Å². The maximum atomic E-state index is 13.7. The summed E-state index contributed by atoms with van der Waals surface area (Å²) < 4.78 is 10.6. The molecule has 1 aromatic carbocycles. The fourth-order valence-corrected chi connectivity index (χ4v) is 6.25. The molecule has 266 valence electrons. The Hall–Kier alpha value is -3.84. The predicted molar refractivity (Wildman–Crippen MR) is 185 cm³/mol. The van der Waals surface area contributed by atoms with E-state index in [1.807, 2.05) is 51.1 Å². The fourth-order valence-electron chi connectivity index (χ4n) is 5.41. The predicted octanol–water partition coefficient (Wildman–Crippen LogP) is 4.18. The number of carbonyl (C=O) groups excluding carboxylic acids is 5. The van der Waals surface area contributed by atoms with E-state index in [0.29, 0.717) is 30.7 Å². The van der Waals surface area contributed by atoms with Crippen LogP contribution in [-0.4, -0.2) is 77.4 Å². The van der Waals surface area contributed by atoms with Crippen LogP contribution in [0.3, 0.4) is 0 Å². The minimum absolute atomic E-state index is 0.0563. The number of methoxy groups -OCH3 is 1. The molecule has 12 nitrogen and oxygen atoms in total. The Morgan fingerprint density at radius 1 is 1.04 bits per heavy atom. The van der Waals surface area contributed by atoms with Crippen LogP contribution in [0.5, 0.6) is 0 Å². The van der Waals surface area contributed by atoms with Gasteiger partial charge in [-0.15, -0.1) is 11.3 Å². The number of benzene rings is 1. The van der Waals surface area contributed by atoms with E-state index in [9.17, 15) is 24.0 Å². The van der Waals surface area contributed by atoms with Crippen LogP contribution in [0, 0.1) is 11.8 Å². The number of hydrogen-bond donors (Lipinski definition) is 3. The van der Waals surface area contributed by atoms with Crippen molar-refractivity contribution in [3.8, 4) is 0 Å². The number of aromatic nitrogens is 1. The molecule has 48 heavy (non-hydrogen) atoms. The van der Waals surface area contributed by atoms with Gasteiger partial charge in [-0.05, 0) is 44.6 Å². The molecule has 0 unspecified atom stereocenters. The number of ether oxygens (including phenoxy) is 2. The molecule has 5 atom stereocenters. The number of thiazole rings is 1. The van der Waals surface area contributed by atoms with Crippen LogP contribution in [0.1, 0.15) is 101 Å². The van der Waals surface area contributed by atoms with E-state index in [1.54, 1.807) is 38.1 Å². The van der Waals surface area contributed by atoms with Gasteiger partial charge in [0.1, 0.15) is 16.7 Å². The third-order valence-corrected chi connectivity index (χ3v) is 9.01. The van der Waals surface area contributed by atoms with E-state index >= 15 is 0 Å². The van der Waals surface area contributed by atoms with E-state index in [1.165, 1.54) is 25.4 Å². The van der Waals surface area contributed by atoms with Gasteiger partial charge in [0.05, 0.1) is 18.6 Å². The number of nitrogens with zero attached hydrogens (tertiary/aromatic N) is 2. The van der Waals surface area contributed by atoms with Crippen molar-refractivity contribution < 1.29 is 33.4 Å². The highest BCUT2D eigenvalue weighted by atomic mass is 32.1. The van der Waals surface area contributed by atoms with Crippen molar-refractivity contribution in [3.05, 3.63) is 52.0 Å². The SMILES string of the molecule is CCC[C@H](NC(=O)C(C)(C)N)C(=O)N(C)[C@H](C[C@@H](OC(C)=O)c1nc(C(=O)N[C@@H](Cc2ccccc2)C[C@H](C)C(=O)OC)cs1)C(C)C. The van der Waals surface area contributed by atoms with Crippen LogP contribution >= 0.6 is 11.3 Å². The molecule has 0 aliphatic heterocycles. The molecule has 0 aliphatic rings. The summed E-state index contributed by atoms with van der Waals surface area (Å²) in [6, 6.07) is 8.09. The van der Waals surface area contributed by atoms with E-state index < -0.39 is 47.4 Å². The standard InChI is InChI=1S/C35H53N5O7S/c1-10-14-26(39-34(45)35(6,7)36)32(43)40(8)28(21(2)3)19-29(47-23(5)41)31-38-27(20-48-31)30(42)37-25(17-22(4)33(44)46-9)18-24-15-12-11-13-16-24/h11-13,15-16,20-22,25-26,28-29H,10,14,17-19,36H2,1-9H3,(H,37,42)(H,39,45)/t22-,25+,26-,28+,29+/m0/s1. The summed E-state index contributed by atoms with van der Waals surface area (Å²) in [5.74, 6) is -2.52. The number of nitrogens with two attached hydrogens (primary N) is 1. The smallest absolute Gasteiger partial charge is 0.308 e. The minimum Gasteiger partial charge on any atom is -0.469 e. The topological polar surface area (TPSA) is 170 Å². The van der Waals surface area contributed by atoms with E-state index in [0.717, 1.165) is 5.56 Å². The average molecular weight is 688 g/mol. The van der Waals surface area contributed by atoms with E-state index in [2.05, 4.69) is 15.6 Å². The molecule has 0 saturated heterocycles. The van der Waals surface area contributed by atoms with E-state index in [-0.39, 0.29) is 36.0 Å². The number of rotatable bonds is 18. The molecule has 13 heteroatoms. The van der Waals surface area contributed by atoms with Crippen LogP contribution < -0.4 is 16.4 Å². The van der Waals surface area contributed by atoms with Gasteiger partial charge in [0.15, 0.2) is 6.10 Å². The molecule has 1 aromatic heterocycles. The lowest BCUT2D eigenvalue weighted by Gasteiger charge is -2.36. The molecule has 0 radical (unpaired) electrons. The van der Waals surface area contributed by atoms with Crippen molar-refractivity contribution >= 4 is 41.0 Å². The van der Waals surface area contributed by atoms with Gasteiger partial charge >= 0.3 is 11.9 Å². The first-order valence-corrected chi connectivity index (χ1v) is 17.3. The lowest BCUT2D eigenvalue weighted by atomic mass is 9.95. The molecule has 1 heterocycles. The van der Waals surface area contributed by atoms with Crippen molar-refractivity contribution in [3.63, 3.8) is 0 Å². The third-order valence-electron chi connectivity index (χ3n) is 8.08. The van der Waals surface area contributed by atoms with Gasteiger partial charge in [-0.2, -0.15) is 0 Å². The number of esters is 2. The molecule has 0 aliphatic carbocycles. The van der Waals surface area contributed by atoms with Crippen molar-refractivity contribution in [1.29, 1.82) is 0 Å². The second-order valence-corrected chi connectivity index (χ2v) is 14.1. The summed E-state index contributed by atoms with van der Waals surface area (Å²) in [4.78, 5) is 70.4. The summed E-state index contributed by atoms with van der Waals surface area (Å²) in [7, 11) is 3.00. The largest absolute Gasteiger partial charge is 0.469 e. The zero-order chi connectivity index (χ0) is 36.2. The first-order valence-electron chi connectivity index (χ1n) is 16.4. The van der Waals surface area contributed by atoms with Crippen molar-refractivity contribution in [2.75, 3.05) is 14.2 Å². The molecule has 0 bridgehead atoms. The Morgan fingerprint density at radius 3 is 2.23 bits per heavy atom. The van der Waals surface area contributed by atoms with Gasteiger partial charge in [-0.25, -0.2) is 4.98 Å². The van der Waals surface area contributed by atoms with Crippen molar-refractivity contribution in [2.24, 2.45) is 17.6 Å². The first kappa shape index (κ1) is 40.3. The molecule has 0 fully saturated rings. The monoisotopic (exact) mass is 687 g/mol. The van der Waals surface area contributed by atoms with Gasteiger partial charge in [0, 0.05) is 37.9 Å². The lowest BCUT2D eigenvalue weighted by Crippen LogP contribution is -2.57. The van der Waals surface area contributed by atoms with Crippen molar-refractivity contribution in [2.45, 2.75) is 110 Å². The Morgan fingerprint density at radius 2 is 1.69 bits per heavy atom. The molecular weight excluding hydrogens is 634 g/mol. The summed E-state index contributed by atoms with van der Waals surface area (Å²) in [6.45, 7) is 12.0. The van der Waals surface area contributed by atoms with Crippen LogP contribution in [0.4, 0.5) is 0 Å². The molecule has 2 rings (SSSR count). The van der Waals surface area contributed by atoms with Crippen LogP contribution in [-0.2, 0) is 35.1 Å². The molecular formula is C35H53N5O7S. The number of amides is 3. The number of hydrogen-bond acceptors (Lipinski definition) is 10. The van der Waals surface area contributed by atoms with Crippen LogP contribution in [0.2, 0.25) is 0 Å². The molecule has 3 amide bonds. The molecule has 4 N–H and O–H groups in total. The zero-order valence-electron chi connectivity index (χ0n) is 29.7.